The third-order valence-corrected chi connectivity index (χ3v) is 2.98. The normalized spacial score (nSPS) is 11.9. The zero-order valence-corrected chi connectivity index (χ0v) is 11.5. The highest BCUT2D eigenvalue weighted by Crippen LogP contribution is 2.25. The Labute approximate surface area is 116 Å². The van der Waals surface area contributed by atoms with E-state index in [9.17, 15) is 9.59 Å². The molecule has 20 heavy (non-hydrogen) atoms. The zero-order chi connectivity index (χ0) is 14.7. The van der Waals surface area contributed by atoms with Crippen molar-refractivity contribution < 1.29 is 14.3 Å². The van der Waals surface area contributed by atoms with Gasteiger partial charge in [0.1, 0.15) is 11.7 Å². The quantitative estimate of drug-likeness (QED) is 0.628. The van der Waals surface area contributed by atoms with Crippen molar-refractivity contribution in [1.82, 2.24) is 15.0 Å². The number of Topliss-reactive ketones (excluding diaryl/α,β-unsaturated/α-hetero) is 1. The molecule has 6 heteroatoms. The number of ketones is 1. The van der Waals surface area contributed by atoms with Gasteiger partial charge in [-0.25, -0.2) is 9.48 Å². The Morgan fingerprint density at radius 3 is 2.45 bits per heavy atom. The summed E-state index contributed by atoms with van der Waals surface area (Å²) in [5.41, 5.74) is 1.54. The Morgan fingerprint density at radius 2 is 1.90 bits per heavy atom. The summed E-state index contributed by atoms with van der Waals surface area (Å²) < 4.78 is 6.13. The number of ether oxygens (including phenoxy) is 1. The molecule has 0 saturated carbocycles. The van der Waals surface area contributed by atoms with E-state index in [-0.39, 0.29) is 11.5 Å². The average molecular weight is 273 g/mol. The van der Waals surface area contributed by atoms with Crippen LogP contribution in [0.1, 0.15) is 30.4 Å². The number of carbonyl (C=O) groups is 2. The second kappa shape index (κ2) is 5.64. The minimum absolute atomic E-state index is 0.202. The van der Waals surface area contributed by atoms with Gasteiger partial charge >= 0.3 is 5.97 Å². The number of carbonyl (C=O) groups excluding carboxylic acids is 2. The van der Waals surface area contributed by atoms with Gasteiger partial charge in [0, 0.05) is 12.5 Å². The molecular weight excluding hydrogens is 258 g/mol. The van der Waals surface area contributed by atoms with Crippen LogP contribution < -0.4 is 0 Å². The monoisotopic (exact) mass is 273 g/mol. The van der Waals surface area contributed by atoms with Crippen LogP contribution in [0.15, 0.2) is 30.3 Å². The van der Waals surface area contributed by atoms with Crippen LogP contribution in [0.4, 0.5) is 0 Å². The van der Waals surface area contributed by atoms with Crippen LogP contribution >= 0.6 is 0 Å². The van der Waals surface area contributed by atoms with Crippen molar-refractivity contribution in [1.29, 1.82) is 0 Å². The summed E-state index contributed by atoms with van der Waals surface area (Å²) in [4.78, 5) is 23.4. The molecule has 0 bridgehead atoms. The highest BCUT2D eigenvalue weighted by molar-refractivity contribution is 5.98. The number of nitrogens with zero attached hydrogens (tertiary/aromatic N) is 3. The summed E-state index contributed by atoms with van der Waals surface area (Å²) in [6.45, 7) is 3.07. The molecule has 0 saturated heterocycles. The summed E-state index contributed by atoms with van der Waals surface area (Å²) in [6, 6.07) is 8.58. The van der Waals surface area contributed by atoms with E-state index in [2.05, 4.69) is 10.3 Å². The molecule has 104 valence electrons. The van der Waals surface area contributed by atoms with E-state index in [4.69, 9.17) is 4.74 Å². The maximum Gasteiger partial charge on any atom is 0.330 e. The fourth-order valence-electron chi connectivity index (χ4n) is 1.94. The van der Waals surface area contributed by atoms with Crippen LogP contribution in [0.25, 0.3) is 11.3 Å². The summed E-state index contributed by atoms with van der Waals surface area (Å²) in [5.74, 6) is -0.644. The number of hydrogen-bond acceptors (Lipinski definition) is 5. The molecule has 0 N–H and O–H groups in total. The second-order valence-electron chi connectivity index (χ2n) is 4.35. The van der Waals surface area contributed by atoms with Gasteiger partial charge in [0.2, 0.25) is 0 Å². The second-order valence-corrected chi connectivity index (χ2v) is 4.35. The lowest BCUT2D eigenvalue weighted by Gasteiger charge is -2.13. The summed E-state index contributed by atoms with van der Waals surface area (Å²) in [6.07, 6.45) is 0. The third kappa shape index (κ3) is 2.45. The van der Waals surface area contributed by atoms with Gasteiger partial charge in [-0.05, 0) is 6.92 Å². The highest BCUT2D eigenvalue weighted by atomic mass is 16.5. The van der Waals surface area contributed by atoms with Crippen molar-refractivity contribution in [3.05, 3.63) is 36.0 Å². The Hall–Kier alpha value is -2.50. The number of rotatable bonds is 4. The van der Waals surface area contributed by atoms with Crippen LogP contribution in [0.3, 0.4) is 0 Å². The van der Waals surface area contributed by atoms with Crippen LogP contribution in [0.2, 0.25) is 0 Å². The van der Waals surface area contributed by atoms with Crippen LogP contribution in [-0.2, 0) is 9.53 Å². The maximum atomic E-state index is 11.7. The Morgan fingerprint density at radius 1 is 1.25 bits per heavy atom. The molecule has 2 aromatic rings. The Bertz CT molecular complexity index is 634. The molecule has 1 aromatic carbocycles. The van der Waals surface area contributed by atoms with Gasteiger partial charge in [-0.15, -0.1) is 5.10 Å². The zero-order valence-electron chi connectivity index (χ0n) is 11.5. The van der Waals surface area contributed by atoms with Gasteiger partial charge < -0.3 is 4.74 Å². The van der Waals surface area contributed by atoms with E-state index < -0.39 is 12.0 Å². The minimum atomic E-state index is -0.657. The lowest BCUT2D eigenvalue weighted by atomic mass is 10.1. The van der Waals surface area contributed by atoms with Crippen molar-refractivity contribution in [2.24, 2.45) is 0 Å². The predicted octanol–water partition coefficient (Wildman–Crippen LogP) is 1.88. The van der Waals surface area contributed by atoms with Gasteiger partial charge in [-0.3, -0.25) is 4.79 Å². The third-order valence-electron chi connectivity index (χ3n) is 2.98. The molecule has 0 radical (unpaired) electrons. The number of methoxy groups -OCH3 is 1. The topological polar surface area (TPSA) is 74.1 Å². The Kier molecular flexibility index (Phi) is 3.93. The summed E-state index contributed by atoms with van der Waals surface area (Å²) >= 11 is 0. The van der Waals surface area contributed by atoms with Crippen LogP contribution in [-0.4, -0.2) is 33.9 Å². The van der Waals surface area contributed by atoms with Crippen molar-refractivity contribution in [2.75, 3.05) is 7.11 Å². The molecule has 0 aliphatic heterocycles. The van der Waals surface area contributed by atoms with E-state index in [0.717, 1.165) is 5.56 Å². The molecule has 2 rings (SSSR count). The van der Waals surface area contributed by atoms with Gasteiger partial charge in [-0.2, -0.15) is 0 Å². The highest BCUT2D eigenvalue weighted by Gasteiger charge is 2.25. The van der Waals surface area contributed by atoms with Gasteiger partial charge in [0.25, 0.3) is 0 Å². The van der Waals surface area contributed by atoms with Crippen LogP contribution in [0, 0.1) is 0 Å². The molecule has 0 spiro atoms. The van der Waals surface area contributed by atoms with Gasteiger partial charge in [-0.1, -0.05) is 35.5 Å². The first-order valence-corrected chi connectivity index (χ1v) is 6.15. The average Bonchev–Trinajstić information content (AvgIpc) is 2.91. The number of benzene rings is 1. The van der Waals surface area contributed by atoms with Crippen molar-refractivity contribution >= 4 is 11.8 Å². The molecule has 0 amide bonds. The Balaban J connectivity index is 2.60. The number of hydrogen-bond donors (Lipinski definition) is 0. The number of esters is 1. The standard InChI is InChI=1S/C14H15N3O3/c1-9(14(19)20-3)17-13(11-7-5-4-6-8-11)12(10(2)18)15-16-17/h4-9H,1-3H3. The first-order valence-electron chi connectivity index (χ1n) is 6.15. The molecule has 1 heterocycles. The summed E-state index contributed by atoms with van der Waals surface area (Å²) in [5, 5.41) is 7.81. The molecule has 6 nitrogen and oxygen atoms in total. The van der Waals surface area contributed by atoms with E-state index in [0.29, 0.717) is 5.69 Å². The van der Waals surface area contributed by atoms with E-state index in [1.165, 1.54) is 18.7 Å². The van der Waals surface area contributed by atoms with E-state index in [1.807, 2.05) is 30.3 Å². The smallest absolute Gasteiger partial charge is 0.330 e. The SMILES string of the molecule is COC(=O)C(C)n1nnc(C(C)=O)c1-c1ccccc1. The largest absolute Gasteiger partial charge is 0.467 e. The fourth-order valence-corrected chi connectivity index (χ4v) is 1.94. The van der Waals surface area contributed by atoms with Crippen molar-refractivity contribution in [3.8, 4) is 11.3 Å². The molecule has 0 aliphatic rings. The molecule has 1 atom stereocenters. The molecule has 0 aliphatic carbocycles. The lowest BCUT2D eigenvalue weighted by Crippen LogP contribution is -2.20. The molecule has 1 aromatic heterocycles. The molecule has 1 unspecified atom stereocenters. The van der Waals surface area contributed by atoms with Gasteiger partial charge in [0.15, 0.2) is 11.5 Å². The van der Waals surface area contributed by atoms with E-state index in [1.54, 1.807) is 6.92 Å². The first-order chi connectivity index (χ1) is 9.56. The first kappa shape index (κ1) is 13.9. The molecule has 0 fully saturated rings. The van der Waals surface area contributed by atoms with Gasteiger partial charge in [0.05, 0.1) is 7.11 Å². The maximum absolute atomic E-state index is 11.7. The predicted molar refractivity (Wildman–Crippen MR) is 72.2 cm³/mol. The van der Waals surface area contributed by atoms with Crippen molar-refractivity contribution in [2.45, 2.75) is 19.9 Å². The minimum Gasteiger partial charge on any atom is -0.467 e. The lowest BCUT2D eigenvalue weighted by molar-refractivity contribution is -0.144. The van der Waals surface area contributed by atoms with Crippen LogP contribution in [0.5, 0.6) is 0 Å². The number of aromatic nitrogens is 3. The fraction of sp³-hybridized carbons (Fsp3) is 0.286. The van der Waals surface area contributed by atoms with E-state index >= 15 is 0 Å². The molecular formula is C14H15N3O3. The summed E-state index contributed by atoms with van der Waals surface area (Å²) in [7, 11) is 1.31. The van der Waals surface area contributed by atoms with Crippen molar-refractivity contribution in [3.63, 3.8) is 0 Å².